The first-order chi connectivity index (χ1) is 20.5. The van der Waals surface area contributed by atoms with E-state index in [1.54, 1.807) is 31.2 Å². The number of hydrogen-bond acceptors (Lipinski definition) is 12. The zero-order chi connectivity index (χ0) is 31.4. The van der Waals surface area contributed by atoms with E-state index in [1.165, 1.54) is 14.0 Å². The molecule has 2 radical (unpaired) electrons. The Hall–Kier alpha value is -3.03. The molecule has 18 heteroatoms. The fourth-order valence-corrected chi connectivity index (χ4v) is 7.89. The van der Waals surface area contributed by atoms with E-state index in [0.29, 0.717) is 26.3 Å². The number of oxime groups is 1. The number of aryl methyl sites for hydroxylation is 1. The summed E-state index contributed by atoms with van der Waals surface area (Å²) in [6.45, 7) is 2.86. The van der Waals surface area contributed by atoms with Gasteiger partial charge in [-0.2, -0.15) is 0 Å². The summed E-state index contributed by atoms with van der Waals surface area (Å²) in [5, 5.41) is 5.70. The number of hydrogen-bond donors (Lipinski definition) is 1. The molecule has 3 heterocycles. The number of alkyl halides is 1. The zero-order valence-electron chi connectivity index (χ0n) is 22.8. The first-order valence-corrected chi connectivity index (χ1v) is 16.5. The number of rotatable bonds is 11. The molecule has 226 valence electrons. The molecule has 1 aromatic heterocycles. The minimum Gasteiger partial charge on any atom is -0.541 e. The Morgan fingerprint density at radius 2 is 2.02 bits per heavy atom. The average Bonchev–Trinajstić information content (AvgIpc) is 3.34. The lowest BCUT2D eigenvalue weighted by molar-refractivity contribution is -0.153. The molecule has 13 nitrogen and oxygen atoms in total. The number of ether oxygens (including phenoxy) is 2. The van der Waals surface area contributed by atoms with Crippen LogP contribution in [0, 0.1) is 6.92 Å². The van der Waals surface area contributed by atoms with Crippen molar-refractivity contribution in [3.63, 3.8) is 0 Å². The second kappa shape index (κ2) is 14.2. The van der Waals surface area contributed by atoms with Gasteiger partial charge < -0.3 is 24.3 Å². The van der Waals surface area contributed by atoms with Gasteiger partial charge in [0.25, 0.3) is 11.8 Å². The molecule has 1 aromatic carbocycles. The molecule has 2 amide bonds. The molecule has 4 atom stereocenters. The maximum absolute atomic E-state index is 13.4. The fourth-order valence-electron chi connectivity index (χ4n) is 4.10. The largest absolute Gasteiger partial charge is 0.541 e. The molecule has 1 saturated heterocycles. The van der Waals surface area contributed by atoms with Crippen LogP contribution in [-0.2, 0) is 50.8 Å². The Morgan fingerprint density at radius 3 is 2.60 bits per heavy atom. The van der Waals surface area contributed by atoms with Crippen LogP contribution in [0.5, 0.6) is 5.75 Å². The summed E-state index contributed by atoms with van der Waals surface area (Å²) in [7, 11) is 4.74. The number of esters is 1. The highest BCUT2D eigenvalue weighted by molar-refractivity contribution is 14.1. The first kappa shape index (κ1) is 32.9. The Labute approximate surface area is 272 Å². The first-order valence-electron chi connectivity index (χ1n) is 12.4. The van der Waals surface area contributed by atoms with Crippen LogP contribution in [0.25, 0.3) is 0 Å². The van der Waals surface area contributed by atoms with E-state index in [0.717, 1.165) is 16.2 Å². The van der Waals surface area contributed by atoms with E-state index in [2.05, 4.69) is 20.1 Å². The van der Waals surface area contributed by atoms with Gasteiger partial charge in [-0.15, -0.1) is 11.3 Å². The van der Waals surface area contributed by atoms with Crippen LogP contribution in [0.15, 0.2) is 40.7 Å². The number of carbonyl (C=O) groups excluding carboxylic acids is 4. The van der Waals surface area contributed by atoms with Crippen molar-refractivity contribution in [1.82, 2.24) is 15.2 Å². The third-order valence-electron chi connectivity index (χ3n) is 6.26. The van der Waals surface area contributed by atoms with E-state index < -0.39 is 57.8 Å². The Kier molecular flexibility index (Phi) is 10.8. The van der Waals surface area contributed by atoms with Gasteiger partial charge in [-0.3, -0.25) is 18.7 Å². The maximum atomic E-state index is 13.4. The van der Waals surface area contributed by atoms with Crippen molar-refractivity contribution >= 4 is 93.8 Å². The Morgan fingerprint density at radius 1 is 1.33 bits per heavy atom. The summed E-state index contributed by atoms with van der Waals surface area (Å²) in [5.74, 6) is -2.70. The number of fused-ring (bicyclic) bond motifs is 1. The smallest absolute Gasteiger partial charge is 0.378 e. The van der Waals surface area contributed by atoms with Crippen molar-refractivity contribution in [2.45, 2.75) is 38.0 Å². The highest BCUT2D eigenvalue weighted by Gasteiger charge is 2.57. The van der Waals surface area contributed by atoms with Gasteiger partial charge in [0.1, 0.15) is 39.5 Å². The number of nitrogens with one attached hydrogen (secondary N) is 1. The SMILES string of the molecule is [B]OC(=O)[C@H](C)O/N=C(\C(=O)NC1C(=O)N2C(C(=O)OCc3ccc(OC)cc3)=C(CI)CS(=O)[C@H]12)c1nc(C)sc1Cl. The number of nitrogens with zero attached hydrogens (tertiary/aromatic N) is 3. The lowest BCUT2D eigenvalue weighted by Crippen LogP contribution is -2.74. The third kappa shape index (κ3) is 7.04. The van der Waals surface area contributed by atoms with Gasteiger partial charge >= 0.3 is 20.0 Å². The molecule has 0 bridgehead atoms. The summed E-state index contributed by atoms with van der Waals surface area (Å²) in [4.78, 5) is 62.0. The molecule has 4 rings (SSSR count). The van der Waals surface area contributed by atoms with Crippen LogP contribution in [0.4, 0.5) is 0 Å². The van der Waals surface area contributed by atoms with E-state index >= 15 is 0 Å². The molecule has 2 unspecified atom stereocenters. The predicted octanol–water partition coefficient (Wildman–Crippen LogP) is 1.70. The number of halogens is 2. The van der Waals surface area contributed by atoms with Crippen molar-refractivity contribution in [1.29, 1.82) is 0 Å². The maximum Gasteiger partial charge on any atom is 0.378 e. The van der Waals surface area contributed by atoms with Gasteiger partial charge in [0.2, 0.25) is 6.10 Å². The van der Waals surface area contributed by atoms with Crippen molar-refractivity contribution in [3.05, 3.63) is 56.1 Å². The van der Waals surface area contributed by atoms with Crippen LogP contribution in [-0.4, -0.2) is 86.4 Å². The highest BCUT2D eigenvalue weighted by Crippen LogP contribution is 2.36. The third-order valence-corrected chi connectivity index (χ3v) is 10.0. The van der Waals surface area contributed by atoms with E-state index in [4.69, 9.17) is 34.0 Å². The van der Waals surface area contributed by atoms with Crippen LogP contribution < -0.4 is 10.1 Å². The molecule has 0 saturated carbocycles. The number of methoxy groups -OCH3 is 1. The molecular weight excluding hydrogens is 738 g/mol. The van der Waals surface area contributed by atoms with Crippen LogP contribution in [0.3, 0.4) is 0 Å². The van der Waals surface area contributed by atoms with Gasteiger partial charge in [0.15, 0.2) is 5.71 Å². The van der Waals surface area contributed by atoms with Crippen LogP contribution >= 0.6 is 45.5 Å². The molecule has 0 spiro atoms. The van der Waals surface area contributed by atoms with Crippen molar-refractivity contribution < 1.29 is 42.4 Å². The number of carbonyl (C=O) groups is 4. The van der Waals surface area contributed by atoms with Gasteiger partial charge in [-0.05, 0) is 37.1 Å². The summed E-state index contributed by atoms with van der Waals surface area (Å²) < 4.78 is 28.4. The number of thiazole rings is 1. The lowest BCUT2D eigenvalue weighted by atomic mass is 10.0. The quantitative estimate of drug-likeness (QED) is 0.0679. The second-order valence-electron chi connectivity index (χ2n) is 9.06. The number of β-lactam (4-membered cyclic amide) rings is 1. The fraction of sp³-hybridized carbons (Fsp3) is 0.360. The minimum absolute atomic E-state index is 0.00337. The Bertz CT molecular complexity index is 1530. The number of benzene rings is 1. The summed E-state index contributed by atoms with van der Waals surface area (Å²) >= 11 is 9.34. The molecule has 1 fully saturated rings. The van der Waals surface area contributed by atoms with Gasteiger partial charge in [-0.1, -0.05) is 51.5 Å². The highest BCUT2D eigenvalue weighted by atomic mass is 127. The minimum atomic E-state index is -1.66. The lowest BCUT2D eigenvalue weighted by Gasteiger charge is -2.49. The van der Waals surface area contributed by atoms with E-state index in [9.17, 15) is 23.4 Å². The molecule has 43 heavy (non-hydrogen) atoms. The summed E-state index contributed by atoms with van der Waals surface area (Å²) in [6.07, 6.45) is -1.29. The van der Waals surface area contributed by atoms with Crippen molar-refractivity contribution in [2.24, 2.45) is 5.16 Å². The van der Waals surface area contributed by atoms with Crippen molar-refractivity contribution in [3.8, 4) is 5.75 Å². The molecular formula is C25H23BClIN4O9S2. The van der Waals surface area contributed by atoms with Gasteiger partial charge in [0, 0.05) is 4.43 Å². The van der Waals surface area contributed by atoms with E-state index in [1.807, 2.05) is 22.6 Å². The summed E-state index contributed by atoms with van der Waals surface area (Å²) in [5.41, 5.74) is 0.669. The zero-order valence-corrected chi connectivity index (χ0v) is 27.4. The number of aromatic nitrogens is 1. The normalized spacial score (nSPS) is 20.5. The van der Waals surface area contributed by atoms with Gasteiger partial charge in [0.05, 0.1) is 28.7 Å². The van der Waals surface area contributed by atoms with Gasteiger partial charge in [-0.25, -0.2) is 14.6 Å². The van der Waals surface area contributed by atoms with Crippen LogP contribution in [0.1, 0.15) is 23.2 Å². The van der Waals surface area contributed by atoms with Crippen LogP contribution in [0.2, 0.25) is 4.34 Å². The monoisotopic (exact) mass is 760 g/mol. The number of amides is 2. The molecule has 1 N–H and O–H groups in total. The topological polar surface area (TPSA) is 163 Å². The standard InChI is InChI=1S/C25H23BClIN4O9S2/c1-11(24(35)40-26)41-31-17(16-20(27)42-12(2)29-16)21(33)30-18-22(34)32-19(14(8-28)10-43(37)23(18)32)25(36)39-9-13-4-6-15(38-3)7-5-13/h4-7,11,18,23H,8-10H2,1-3H3,(H,30,33)/b31-17-/t11-,18?,23+,43?/m0/s1. The molecule has 0 aliphatic carbocycles. The molecule has 2 aliphatic rings. The molecule has 2 aromatic rings. The van der Waals surface area contributed by atoms with Crippen molar-refractivity contribution in [2.75, 3.05) is 17.3 Å². The second-order valence-corrected chi connectivity index (χ2v) is 13.2. The Balaban J connectivity index is 1.54. The summed E-state index contributed by atoms with van der Waals surface area (Å²) in [6, 6.07) is 5.63. The average molecular weight is 761 g/mol. The van der Waals surface area contributed by atoms with E-state index in [-0.39, 0.29) is 28.1 Å². The molecule has 2 aliphatic heterocycles. The predicted molar refractivity (Wildman–Crippen MR) is 165 cm³/mol.